The van der Waals surface area contributed by atoms with Crippen LogP contribution in [0.3, 0.4) is 0 Å². The van der Waals surface area contributed by atoms with Gasteiger partial charge in [-0.1, -0.05) is 25.5 Å². The van der Waals surface area contributed by atoms with Crippen LogP contribution in [0.1, 0.15) is 78.1 Å². The van der Waals surface area contributed by atoms with E-state index in [2.05, 4.69) is 31.9 Å². The molecule has 6 aliphatic carbocycles. The van der Waals surface area contributed by atoms with Crippen LogP contribution < -0.4 is 0 Å². The fourth-order valence-corrected chi connectivity index (χ4v) is 12.1. The van der Waals surface area contributed by atoms with Gasteiger partial charge in [-0.25, -0.2) is 0 Å². The highest BCUT2D eigenvalue weighted by Gasteiger charge is 2.91. The molecule has 2 saturated heterocycles. The van der Waals surface area contributed by atoms with Crippen molar-refractivity contribution in [3.63, 3.8) is 0 Å². The zero-order chi connectivity index (χ0) is 21.0. The van der Waals surface area contributed by atoms with Gasteiger partial charge in [0, 0.05) is 23.9 Å². The number of ether oxygens (including phenoxy) is 1. The van der Waals surface area contributed by atoms with Crippen LogP contribution in [0.2, 0.25) is 0 Å². The molecule has 0 bridgehead atoms. The molecule has 0 amide bonds. The Kier molecular flexibility index (Phi) is 3.35. The quantitative estimate of drug-likeness (QED) is 0.569. The number of allylic oxidation sites excluding steroid dienone is 1. The SMILES string of the molecule is C[C@H]1C[C@H]2OC34CC[C@H]5[C@@H]6CCC7=C[C@@H](O)CC[C@]7(C)[C@H]6CC56CC63C[C@@H]4[C@@H]2N(C)C1. The van der Waals surface area contributed by atoms with E-state index in [4.69, 9.17) is 4.74 Å². The maximum Gasteiger partial charge on any atom is 0.0793 e. The molecule has 0 aromatic carbocycles. The highest BCUT2D eigenvalue weighted by molar-refractivity contribution is 5.41. The highest BCUT2D eigenvalue weighted by atomic mass is 16.5. The highest BCUT2D eigenvalue weighted by Crippen LogP contribution is 2.93. The first-order chi connectivity index (χ1) is 14.8. The lowest BCUT2D eigenvalue weighted by Gasteiger charge is -2.60. The molecule has 2 aliphatic heterocycles. The summed E-state index contributed by atoms with van der Waals surface area (Å²) >= 11 is 0. The number of aliphatic hydroxyl groups excluding tert-OH is 1. The summed E-state index contributed by atoms with van der Waals surface area (Å²) < 4.78 is 7.26. The van der Waals surface area contributed by atoms with E-state index in [1.807, 2.05) is 0 Å². The second kappa shape index (κ2) is 5.47. The molecule has 2 heterocycles. The molecule has 0 aromatic heterocycles. The van der Waals surface area contributed by atoms with Gasteiger partial charge in [-0.05, 0) is 106 Å². The number of likely N-dealkylation sites (N-methyl/N-ethyl adjacent to an activating group) is 1. The monoisotopic (exact) mass is 423 g/mol. The molecule has 8 aliphatic rings. The molecule has 31 heavy (non-hydrogen) atoms. The minimum Gasteiger partial charge on any atom is -0.389 e. The second-order valence-electron chi connectivity index (χ2n) is 13.9. The first-order valence-corrected chi connectivity index (χ1v) is 13.6. The number of hydrogen-bond donors (Lipinski definition) is 1. The normalized spacial score (nSPS) is 65.7. The van der Waals surface area contributed by atoms with Crippen molar-refractivity contribution in [3.8, 4) is 0 Å². The average molecular weight is 424 g/mol. The van der Waals surface area contributed by atoms with E-state index in [1.165, 1.54) is 64.3 Å². The summed E-state index contributed by atoms with van der Waals surface area (Å²) in [6.45, 7) is 6.27. The van der Waals surface area contributed by atoms with Crippen molar-refractivity contribution in [2.45, 2.75) is 102 Å². The van der Waals surface area contributed by atoms with Crippen molar-refractivity contribution >= 4 is 0 Å². The molecule has 1 N–H and O–H groups in total. The lowest BCUT2D eigenvalue weighted by atomic mass is 9.47. The summed E-state index contributed by atoms with van der Waals surface area (Å²) in [4.78, 5) is 2.69. The van der Waals surface area contributed by atoms with Crippen LogP contribution >= 0.6 is 0 Å². The van der Waals surface area contributed by atoms with Crippen LogP contribution in [0, 0.1) is 45.8 Å². The van der Waals surface area contributed by atoms with E-state index >= 15 is 0 Å². The van der Waals surface area contributed by atoms with E-state index in [0.29, 0.717) is 28.4 Å². The molecule has 3 spiro atoms. The minimum atomic E-state index is -0.181. The largest absolute Gasteiger partial charge is 0.389 e. The third kappa shape index (κ3) is 1.88. The van der Waals surface area contributed by atoms with Gasteiger partial charge in [0.1, 0.15) is 0 Å². The van der Waals surface area contributed by atoms with Crippen molar-refractivity contribution in [1.82, 2.24) is 4.90 Å². The van der Waals surface area contributed by atoms with E-state index in [9.17, 15) is 5.11 Å². The van der Waals surface area contributed by atoms with E-state index in [1.54, 1.807) is 5.57 Å². The topological polar surface area (TPSA) is 32.7 Å². The van der Waals surface area contributed by atoms with Crippen molar-refractivity contribution < 1.29 is 9.84 Å². The Labute approximate surface area is 188 Å². The van der Waals surface area contributed by atoms with Gasteiger partial charge in [-0.15, -0.1) is 0 Å². The number of hydrogen-bond acceptors (Lipinski definition) is 3. The minimum absolute atomic E-state index is 0.181. The Morgan fingerprint density at radius 3 is 2.84 bits per heavy atom. The van der Waals surface area contributed by atoms with Gasteiger partial charge in [0.25, 0.3) is 0 Å². The molecule has 3 heteroatoms. The third-order valence-electron chi connectivity index (χ3n) is 13.1. The van der Waals surface area contributed by atoms with Crippen LogP contribution in [-0.4, -0.2) is 47.4 Å². The summed E-state index contributed by atoms with van der Waals surface area (Å²) in [5, 5.41) is 10.3. The Morgan fingerprint density at radius 1 is 1.10 bits per heavy atom. The first-order valence-electron chi connectivity index (χ1n) is 13.6. The Hall–Kier alpha value is -0.380. The lowest BCUT2D eigenvalue weighted by molar-refractivity contribution is -0.211. The van der Waals surface area contributed by atoms with Crippen molar-refractivity contribution in [3.05, 3.63) is 11.6 Å². The maximum atomic E-state index is 10.3. The van der Waals surface area contributed by atoms with E-state index in [0.717, 1.165) is 36.0 Å². The molecule has 0 radical (unpaired) electrons. The molecule has 5 saturated carbocycles. The number of fused-ring (bicyclic) bond motifs is 6. The molecule has 8 rings (SSSR count). The first kappa shape index (κ1) is 19.0. The van der Waals surface area contributed by atoms with Crippen molar-refractivity contribution in [1.29, 1.82) is 0 Å². The Bertz CT molecular complexity index is 884. The summed E-state index contributed by atoms with van der Waals surface area (Å²) in [6.07, 6.45) is 16.0. The van der Waals surface area contributed by atoms with Gasteiger partial charge in [0.2, 0.25) is 0 Å². The van der Waals surface area contributed by atoms with Gasteiger partial charge in [0.15, 0.2) is 0 Å². The zero-order valence-corrected chi connectivity index (χ0v) is 19.8. The smallest absolute Gasteiger partial charge is 0.0793 e. The summed E-state index contributed by atoms with van der Waals surface area (Å²) in [6, 6.07) is 0.701. The molecule has 170 valence electrons. The fourth-order valence-electron chi connectivity index (χ4n) is 12.1. The van der Waals surface area contributed by atoms with Crippen molar-refractivity contribution in [2.24, 2.45) is 45.8 Å². The number of likely N-dealkylation sites (tertiary alicyclic amines) is 1. The number of piperidine rings is 1. The van der Waals surface area contributed by atoms with Gasteiger partial charge in [0.05, 0.1) is 17.8 Å². The van der Waals surface area contributed by atoms with Gasteiger partial charge < -0.3 is 14.7 Å². The molecule has 0 aromatic rings. The lowest BCUT2D eigenvalue weighted by Crippen LogP contribution is -2.64. The number of nitrogens with zero attached hydrogens (tertiary/aromatic N) is 1. The zero-order valence-electron chi connectivity index (χ0n) is 19.8. The molecular formula is C28H41NO2. The van der Waals surface area contributed by atoms with Crippen molar-refractivity contribution in [2.75, 3.05) is 13.6 Å². The third-order valence-corrected chi connectivity index (χ3v) is 13.1. The van der Waals surface area contributed by atoms with E-state index < -0.39 is 0 Å². The van der Waals surface area contributed by atoms with Gasteiger partial charge in [-0.2, -0.15) is 0 Å². The Morgan fingerprint density at radius 2 is 1.97 bits per heavy atom. The van der Waals surface area contributed by atoms with Crippen LogP contribution in [-0.2, 0) is 4.74 Å². The Balaban J connectivity index is 1.15. The fraction of sp³-hybridized carbons (Fsp3) is 0.929. The summed E-state index contributed by atoms with van der Waals surface area (Å²) in [5.74, 6) is 4.37. The average Bonchev–Trinajstić information content (AvgIpc) is 3.19. The predicted molar refractivity (Wildman–Crippen MR) is 120 cm³/mol. The van der Waals surface area contributed by atoms with E-state index in [-0.39, 0.29) is 11.7 Å². The molecule has 7 fully saturated rings. The van der Waals surface area contributed by atoms with Crippen LogP contribution in [0.5, 0.6) is 0 Å². The molecule has 12 atom stereocenters. The molecular weight excluding hydrogens is 382 g/mol. The van der Waals surface area contributed by atoms with Crippen LogP contribution in [0.15, 0.2) is 11.6 Å². The molecule has 3 nitrogen and oxygen atoms in total. The standard InChI is InChI=1S/C28H41NO2/c1-16-10-23-24(29(3)14-16)22-13-27-15-26(27)12-21-19(20(26)7-9-28(22,27)31-23)5-4-17-11-18(30)6-8-25(17,21)2/h11,16,18-24,30H,4-10,12-15H2,1-3H3/t16-,18-,19-,20-,21-,22+,23+,24-,25-,26?,27?,28?/m0/s1. The summed E-state index contributed by atoms with van der Waals surface area (Å²) in [7, 11) is 2.38. The number of aliphatic hydroxyl groups is 1. The van der Waals surface area contributed by atoms with Crippen LogP contribution in [0.4, 0.5) is 0 Å². The summed E-state index contributed by atoms with van der Waals surface area (Å²) in [5.41, 5.74) is 3.39. The van der Waals surface area contributed by atoms with Gasteiger partial charge in [-0.3, -0.25) is 0 Å². The van der Waals surface area contributed by atoms with Gasteiger partial charge >= 0.3 is 0 Å². The maximum absolute atomic E-state index is 10.3. The molecule has 3 unspecified atom stereocenters. The predicted octanol–water partition coefficient (Wildman–Crippen LogP) is 4.79. The van der Waals surface area contributed by atoms with Crippen LogP contribution in [0.25, 0.3) is 0 Å². The number of rotatable bonds is 0. The second-order valence-corrected chi connectivity index (χ2v) is 13.9.